The van der Waals surface area contributed by atoms with Crippen molar-refractivity contribution in [3.8, 4) is 0 Å². The second kappa shape index (κ2) is 6.27. The molecule has 1 aromatic rings. The van der Waals surface area contributed by atoms with Crippen molar-refractivity contribution >= 4 is 11.7 Å². The van der Waals surface area contributed by atoms with E-state index in [4.69, 9.17) is 0 Å². The number of amides is 1. The minimum absolute atomic E-state index is 0.0424. The van der Waals surface area contributed by atoms with Gasteiger partial charge in [-0.1, -0.05) is 13.8 Å². The van der Waals surface area contributed by atoms with E-state index in [1.807, 2.05) is 6.92 Å². The van der Waals surface area contributed by atoms with E-state index in [2.05, 4.69) is 34.7 Å². The van der Waals surface area contributed by atoms with Gasteiger partial charge in [0, 0.05) is 11.6 Å². The molecule has 0 bridgehead atoms. The molecule has 1 unspecified atom stereocenters. The molecule has 5 nitrogen and oxygen atoms in total. The molecule has 0 aliphatic heterocycles. The van der Waals surface area contributed by atoms with Crippen molar-refractivity contribution < 1.29 is 4.79 Å². The fourth-order valence-electron chi connectivity index (χ4n) is 1.28. The van der Waals surface area contributed by atoms with E-state index in [-0.39, 0.29) is 5.91 Å². The maximum atomic E-state index is 11.6. The molecule has 90 valence electrons. The van der Waals surface area contributed by atoms with Crippen molar-refractivity contribution in [2.45, 2.75) is 39.7 Å². The molecular formula is C11H20N4O. The summed E-state index contributed by atoms with van der Waals surface area (Å²) < 4.78 is 0. The summed E-state index contributed by atoms with van der Waals surface area (Å²) in [6.45, 7) is 6.50. The van der Waals surface area contributed by atoms with Crippen molar-refractivity contribution in [1.82, 2.24) is 15.5 Å². The Balaban J connectivity index is 2.40. The van der Waals surface area contributed by atoms with Crippen LogP contribution in [0.5, 0.6) is 0 Å². The van der Waals surface area contributed by atoms with Crippen LogP contribution in [0.3, 0.4) is 0 Å². The zero-order valence-electron chi connectivity index (χ0n) is 10.1. The lowest BCUT2D eigenvalue weighted by Crippen LogP contribution is -2.34. The molecule has 0 aliphatic carbocycles. The fraction of sp³-hybridized carbons (Fsp3) is 0.636. The van der Waals surface area contributed by atoms with Crippen LogP contribution in [0.2, 0.25) is 0 Å². The number of H-pyrrole nitrogens is 1. The van der Waals surface area contributed by atoms with Crippen LogP contribution in [-0.4, -0.2) is 28.7 Å². The van der Waals surface area contributed by atoms with Gasteiger partial charge < -0.3 is 10.6 Å². The SMILES string of the molecule is CCc1cn[nH]c1NC(=O)CNC(C)CC. The summed E-state index contributed by atoms with van der Waals surface area (Å²) in [5.74, 6) is 0.665. The number of hydrogen-bond donors (Lipinski definition) is 3. The van der Waals surface area contributed by atoms with E-state index >= 15 is 0 Å². The zero-order valence-corrected chi connectivity index (χ0v) is 10.1. The average Bonchev–Trinajstić information content (AvgIpc) is 2.73. The lowest BCUT2D eigenvalue weighted by Gasteiger charge is -2.10. The van der Waals surface area contributed by atoms with Gasteiger partial charge in [0.2, 0.25) is 5.91 Å². The molecule has 5 heteroatoms. The minimum Gasteiger partial charge on any atom is -0.310 e. The van der Waals surface area contributed by atoms with Gasteiger partial charge in [0.05, 0.1) is 12.7 Å². The summed E-state index contributed by atoms with van der Waals surface area (Å²) in [5.41, 5.74) is 1.02. The van der Waals surface area contributed by atoms with Crippen LogP contribution in [0.1, 0.15) is 32.8 Å². The summed E-state index contributed by atoms with van der Waals surface area (Å²) in [5, 5.41) is 12.6. The van der Waals surface area contributed by atoms with Crippen LogP contribution in [0.4, 0.5) is 5.82 Å². The smallest absolute Gasteiger partial charge is 0.239 e. The monoisotopic (exact) mass is 224 g/mol. The molecule has 1 amide bonds. The predicted molar refractivity (Wildman–Crippen MR) is 64.4 cm³/mol. The summed E-state index contributed by atoms with van der Waals surface area (Å²) in [7, 11) is 0. The van der Waals surface area contributed by atoms with Gasteiger partial charge in [0.25, 0.3) is 0 Å². The predicted octanol–water partition coefficient (Wildman–Crippen LogP) is 1.30. The Morgan fingerprint density at radius 2 is 2.31 bits per heavy atom. The van der Waals surface area contributed by atoms with Crippen molar-refractivity contribution in [2.24, 2.45) is 0 Å². The molecule has 1 aromatic heterocycles. The van der Waals surface area contributed by atoms with Crippen molar-refractivity contribution in [3.05, 3.63) is 11.8 Å². The Morgan fingerprint density at radius 1 is 1.56 bits per heavy atom. The van der Waals surface area contributed by atoms with Gasteiger partial charge in [-0.2, -0.15) is 5.10 Å². The van der Waals surface area contributed by atoms with Gasteiger partial charge in [-0.15, -0.1) is 0 Å². The number of carbonyl (C=O) groups excluding carboxylic acids is 1. The number of aromatic nitrogens is 2. The third-order valence-electron chi connectivity index (χ3n) is 2.59. The number of aromatic amines is 1. The Bertz CT molecular complexity index is 334. The van der Waals surface area contributed by atoms with Crippen LogP contribution in [0.15, 0.2) is 6.20 Å². The number of carbonyl (C=O) groups is 1. The number of rotatable bonds is 6. The lowest BCUT2D eigenvalue weighted by atomic mass is 10.2. The van der Waals surface area contributed by atoms with Crippen LogP contribution in [0, 0.1) is 0 Å². The first-order valence-corrected chi connectivity index (χ1v) is 5.72. The second-order valence-corrected chi connectivity index (χ2v) is 3.86. The lowest BCUT2D eigenvalue weighted by molar-refractivity contribution is -0.115. The first-order valence-electron chi connectivity index (χ1n) is 5.72. The summed E-state index contributed by atoms with van der Waals surface area (Å²) in [6.07, 6.45) is 3.60. The van der Waals surface area contributed by atoms with Crippen LogP contribution in [-0.2, 0) is 11.2 Å². The Kier molecular flexibility index (Phi) is 4.98. The third-order valence-corrected chi connectivity index (χ3v) is 2.59. The molecule has 1 rings (SSSR count). The highest BCUT2D eigenvalue weighted by Crippen LogP contribution is 2.10. The molecule has 16 heavy (non-hydrogen) atoms. The third kappa shape index (κ3) is 3.66. The topological polar surface area (TPSA) is 69.8 Å². The number of nitrogens with one attached hydrogen (secondary N) is 3. The van der Waals surface area contributed by atoms with Crippen molar-refractivity contribution in [3.63, 3.8) is 0 Å². The molecular weight excluding hydrogens is 204 g/mol. The number of nitrogens with zero attached hydrogens (tertiary/aromatic N) is 1. The highest BCUT2D eigenvalue weighted by atomic mass is 16.2. The van der Waals surface area contributed by atoms with Crippen molar-refractivity contribution in [1.29, 1.82) is 0 Å². The maximum Gasteiger partial charge on any atom is 0.239 e. The second-order valence-electron chi connectivity index (χ2n) is 3.86. The Hall–Kier alpha value is -1.36. The molecule has 0 radical (unpaired) electrons. The minimum atomic E-state index is -0.0424. The maximum absolute atomic E-state index is 11.6. The Morgan fingerprint density at radius 3 is 2.94 bits per heavy atom. The molecule has 0 saturated heterocycles. The van der Waals surface area contributed by atoms with Crippen LogP contribution < -0.4 is 10.6 Å². The molecule has 1 heterocycles. The molecule has 0 fully saturated rings. The standard InChI is InChI=1S/C11H20N4O/c1-4-8(3)12-7-10(16)14-11-9(5-2)6-13-15-11/h6,8,12H,4-5,7H2,1-3H3,(H2,13,14,15,16). The van der Waals surface area contributed by atoms with E-state index in [1.165, 1.54) is 0 Å². The Labute approximate surface area is 96.0 Å². The van der Waals surface area contributed by atoms with Gasteiger partial charge in [0.1, 0.15) is 5.82 Å². The summed E-state index contributed by atoms with van der Waals surface area (Å²) in [4.78, 5) is 11.6. The molecule has 0 saturated carbocycles. The largest absolute Gasteiger partial charge is 0.310 e. The first kappa shape index (κ1) is 12.7. The van der Waals surface area contributed by atoms with E-state index in [0.717, 1.165) is 18.4 Å². The zero-order chi connectivity index (χ0) is 12.0. The average molecular weight is 224 g/mol. The number of anilines is 1. The highest BCUT2D eigenvalue weighted by Gasteiger charge is 2.08. The quantitative estimate of drug-likeness (QED) is 0.682. The van der Waals surface area contributed by atoms with Gasteiger partial charge in [-0.3, -0.25) is 9.89 Å². The van der Waals surface area contributed by atoms with Gasteiger partial charge in [0.15, 0.2) is 0 Å². The first-order chi connectivity index (χ1) is 7.67. The number of aryl methyl sites for hydroxylation is 1. The molecule has 1 atom stereocenters. The van der Waals surface area contributed by atoms with E-state index in [1.54, 1.807) is 6.20 Å². The van der Waals surface area contributed by atoms with Crippen LogP contribution in [0.25, 0.3) is 0 Å². The number of hydrogen-bond acceptors (Lipinski definition) is 3. The molecule has 3 N–H and O–H groups in total. The van der Waals surface area contributed by atoms with E-state index in [9.17, 15) is 4.79 Å². The molecule has 0 spiro atoms. The molecule has 0 aliphatic rings. The summed E-state index contributed by atoms with van der Waals surface area (Å²) in [6, 6.07) is 0.359. The summed E-state index contributed by atoms with van der Waals surface area (Å²) >= 11 is 0. The molecule has 0 aromatic carbocycles. The van der Waals surface area contributed by atoms with E-state index in [0.29, 0.717) is 18.4 Å². The fourth-order valence-corrected chi connectivity index (χ4v) is 1.28. The van der Waals surface area contributed by atoms with Gasteiger partial charge in [-0.25, -0.2) is 0 Å². The van der Waals surface area contributed by atoms with Crippen LogP contribution >= 0.6 is 0 Å². The van der Waals surface area contributed by atoms with E-state index < -0.39 is 0 Å². The highest BCUT2D eigenvalue weighted by molar-refractivity contribution is 5.91. The van der Waals surface area contributed by atoms with Crippen molar-refractivity contribution in [2.75, 3.05) is 11.9 Å². The van der Waals surface area contributed by atoms with Gasteiger partial charge in [-0.05, 0) is 19.8 Å². The van der Waals surface area contributed by atoms with Gasteiger partial charge >= 0.3 is 0 Å². The normalized spacial score (nSPS) is 12.4.